The van der Waals surface area contributed by atoms with Crippen molar-refractivity contribution in [2.45, 2.75) is 37.3 Å². The quantitative estimate of drug-likeness (QED) is 0.720. The summed E-state index contributed by atoms with van der Waals surface area (Å²) in [7, 11) is 0.553. The zero-order valence-corrected chi connectivity index (χ0v) is 10.7. The van der Waals surface area contributed by atoms with Crippen LogP contribution in [0.5, 0.6) is 0 Å². The van der Waals surface area contributed by atoms with Gasteiger partial charge in [0.15, 0.2) is 0 Å². The summed E-state index contributed by atoms with van der Waals surface area (Å²) in [5.41, 5.74) is 1.23. The van der Waals surface area contributed by atoms with Crippen LogP contribution in [0.4, 0.5) is 0 Å². The fraction of sp³-hybridized carbons (Fsp3) is 0.455. The van der Waals surface area contributed by atoms with Gasteiger partial charge in [0.2, 0.25) is 0 Å². The standard InChI is InChI=1S/C11H16OS2/c1-9-5-7-10(8-6-9)13-14(12)11(2,3)4/h5-8H,1-4H3. The van der Waals surface area contributed by atoms with Crippen molar-refractivity contribution in [3.05, 3.63) is 29.8 Å². The topological polar surface area (TPSA) is 17.1 Å². The molecule has 0 saturated heterocycles. The Hall–Kier alpha value is -0.280. The molecule has 0 fully saturated rings. The van der Waals surface area contributed by atoms with Gasteiger partial charge in [-0.05, 0) is 50.6 Å². The van der Waals surface area contributed by atoms with Crippen molar-refractivity contribution < 1.29 is 4.21 Å². The maximum atomic E-state index is 11.8. The summed E-state index contributed by atoms with van der Waals surface area (Å²) in [6, 6.07) is 8.12. The van der Waals surface area contributed by atoms with Gasteiger partial charge in [-0.25, -0.2) is 4.21 Å². The Morgan fingerprint density at radius 2 is 1.64 bits per heavy atom. The lowest BCUT2D eigenvalue weighted by Crippen LogP contribution is -2.18. The highest BCUT2D eigenvalue weighted by molar-refractivity contribution is 8.69. The van der Waals surface area contributed by atoms with E-state index in [0.29, 0.717) is 0 Å². The van der Waals surface area contributed by atoms with Crippen LogP contribution in [0, 0.1) is 6.92 Å². The Balaban J connectivity index is 2.71. The van der Waals surface area contributed by atoms with Gasteiger partial charge in [-0.1, -0.05) is 17.7 Å². The van der Waals surface area contributed by atoms with Crippen molar-refractivity contribution in [2.75, 3.05) is 0 Å². The zero-order chi connectivity index (χ0) is 10.8. The van der Waals surface area contributed by atoms with E-state index in [4.69, 9.17) is 0 Å². The molecule has 0 aliphatic heterocycles. The van der Waals surface area contributed by atoms with E-state index < -0.39 is 9.83 Å². The maximum absolute atomic E-state index is 11.8. The van der Waals surface area contributed by atoms with E-state index in [2.05, 4.69) is 6.92 Å². The molecule has 0 N–H and O–H groups in total. The molecular weight excluding hydrogens is 212 g/mol. The molecule has 1 unspecified atom stereocenters. The third kappa shape index (κ3) is 3.46. The Morgan fingerprint density at radius 1 is 1.14 bits per heavy atom. The highest BCUT2D eigenvalue weighted by Crippen LogP contribution is 2.29. The second-order valence-corrected chi connectivity index (χ2v) is 7.98. The predicted octanol–water partition coefficient (Wildman–Crippen LogP) is 3.55. The first-order chi connectivity index (χ1) is 6.39. The molecule has 78 valence electrons. The lowest BCUT2D eigenvalue weighted by atomic mass is 10.2. The van der Waals surface area contributed by atoms with Gasteiger partial charge in [0.1, 0.15) is 0 Å². The van der Waals surface area contributed by atoms with Gasteiger partial charge < -0.3 is 0 Å². The zero-order valence-electron chi connectivity index (χ0n) is 9.03. The molecule has 0 bridgehead atoms. The van der Waals surface area contributed by atoms with E-state index in [1.807, 2.05) is 45.0 Å². The van der Waals surface area contributed by atoms with Crippen LogP contribution < -0.4 is 0 Å². The highest BCUT2D eigenvalue weighted by Gasteiger charge is 2.20. The van der Waals surface area contributed by atoms with Gasteiger partial charge in [0.05, 0.1) is 9.83 Å². The molecule has 14 heavy (non-hydrogen) atoms. The summed E-state index contributed by atoms with van der Waals surface area (Å²) in [4.78, 5) is 1.07. The lowest BCUT2D eigenvalue weighted by molar-refractivity contribution is 0.661. The maximum Gasteiger partial charge on any atom is 0.0906 e. The van der Waals surface area contributed by atoms with E-state index in [0.717, 1.165) is 4.90 Å². The third-order valence-corrected chi connectivity index (χ3v) is 5.84. The second kappa shape index (κ2) is 4.49. The molecule has 0 radical (unpaired) electrons. The van der Waals surface area contributed by atoms with E-state index in [9.17, 15) is 4.21 Å². The molecule has 0 amide bonds. The fourth-order valence-corrected chi connectivity index (χ4v) is 3.09. The van der Waals surface area contributed by atoms with Gasteiger partial charge in [0, 0.05) is 9.64 Å². The average molecular weight is 228 g/mol. The number of rotatable bonds is 2. The van der Waals surface area contributed by atoms with Gasteiger partial charge in [-0.3, -0.25) is 0 Å². The normalized spacial score (nSPS) is 14.0. The van der Waals surface area contributed by atoms with Crippen LogP contribution in [-0.4, -0.2) is 8.96 Å². The molecule has 0 heterocycles. The van der Waals surface area contributed by atoms with Crippen molar-refractivity contribution in [1.29, 1.82) is 0 Å². The van der Waals surface area contributed by atoms with Gasteiger partial charge in [-0.2, -0.15) is 0 Å². The van der Waals surface area contributed by atoms with E-state index >= 15 is 0 Å². The Morgan fingerprint density at radius 3 is 2.07 bits per heavy atom. The lowest BCUT2D eigenvalue weighted by Gasteiger charge is -2.16. The van der Waals surface area contributed by atoms with Crippen LogP contribution in [0.3, 0.4) is 0 Å². The first-order valence-electron chi connectivity index (χ1n) is 4.56. The molecular formula is C11H16OS2. The number of hydrogen-bond acceptors (Lipinski definition) is 2. The van der Waals surface area contributed by atoms with Crippen LogP contribution in [0.2, 0.25) is 0 Å². The summed E-state index contributed by atoms with van der Waals surface area (Å²) in [6.07, 6.45) is 0. The van der Waals surface area contributed by atoms with Gasteiger partial charge in [-0.15, -0.1) is 0 Å². The van der Waals surface area contributed by atoms with Gasteiger partial charge in [0.25, 0.3) is 0 Å². The molecule has 1 nitrogen and oxygen atoms in total. The van der Waals surface area contributed by atoms with Crippen molar-refractivity contribution in [3.8, 4) is 0 Å². The van der Waals surface area contributed by atoms with Crippen molar-refractivity contribution in [2.24, 2.45) is 0 Å². The van der Waals surface area contributed by atoms with E-state index in [1.165, 1.54) is 16.4 Å². The molecule has 0 aliphatic carbocycles. The van der Waals surface area contributed by atoms with Crippen molar-refractivity contribution >= 4 is 20.6 Å². The summed E-state index contributed by atoms with van der Waals surface area (Å²) >= 11 is 0. The Kier molecular flexibility index (Phi) is 3.78. The van der Waals surface area contributed by atoms with Crippen LogP contribution >= 0.6 is 10.8 Å². The first-order valence-corrected chi connectivity index (χ1v) is 7.05. The molecule has 1 aromatic rings. The predicted molar refractivity (Wildman–Crippen MR) is 64.9 cm³/mol. The average Bonchev–Trinajstić information content (AvgIpc) is 2.07. The molecule has 0 saturated carbocycles. The molecule has 1 atom stereocenters. The molecule has 0 aliphatic rings. The number of aryl methyl sites for hydroxylation is 1. The van der Waals surface area contributed by atoms with Crippen molar-refractivity contribution in [3.63, 3.8) is 0 Å². The summed E-state index contributed by atoms with van der Waals surface area (Å²) in [6.45, 7) is 8.02. The van der Waals surface area contributed by atoms with Crippen LogP contribution in [-0.2, 0) is 9.83 Å². The second-order valence-electron chi connectivity index (χ2n) is 4.24. The van der Waals surface area contributed by atoms with Crippen LogP contribution in [0.25, 0.3) is 0 Å². The van der Waals surface area contributed by atoms with E-state index in [1.54, 1.807) is 0 Å². The number of benzene rings is 1. The monoisotopic (exact) mass is 228 g/mol. The summed E-state index contributed by atoms with van der Waals surface area (Å²) < 4.78 is 11.6. The molecule has 1 aromatic carbocycles. The molecule has 0 aromatic heterocycles. The molecule has 3 heteroatoms. The van der Waals surface area contributed by atoms with Crippen molar-refractivity contribution in [1.82, 2.24) is 0 Å². The highest BCUT2D eigenvalue weighted by atomic mass is 33.1. The van der Waals surface area contributed by atoms with E-state index in [-0.39, 0.29) is 4.75 Å². The minimum absolute atomic E-state index is 0.157. The smallest absolute Gasteiger partial charge is 0.0906 e. The molecule has 1 rings (SSSR count). The van der Waals surface area contributed by atoms with Crippen LogP contribution in [0.15, 0.2) is 29.2 Å². The Bertz CT molecular complexity index is 322. The van der Waals surface area contributed by atoms with Gasteiger partial charge >= 0.3 is 0 Å². The number of hydrogen-bond donors (Lipinski definition) is 0. The fourth-order valence-electron chi connectivity index (χ4n) is 0.806. The summed E-state index contributed by atoms with van der Waals surface area (Å²) in [5.74, 6) is 0. The molecule has 0 spiro atoms. The first kappa shape index (κ1) is 11.8. The third-order valence-electron chi connectivity index (χ3n) is 1.69. The SMILES string of the molecule is Cc1ccc(SS(=O)C(C)(C)C)cc1. The minimum Gasteiger partial charge on any atom is -0.247 e. The van der Waals surface area contributed by atoms with Crippen LogP contribution in [0.1, 0.15) is 26.3 Å². The largest absolute Gasteiger partial charge is 0.247 e. The Labute approximate surface area is 92.2 Å². The minimum atomic E-state index is -0.878. The summed E-state index contributed by atoms with van der Waals surface area (Å²) in [5, 5.41) is 0.